The minimum atomic E-state index is -4.15. The molecule has 1 aliphatic rings. The highest BCUT2D eigenvalue weighted by Gasteiger charge is 2.33. The van der Waals surface area contributed by atoms with Crippen LogP contribution in [-0.2, 0) is 26.2 Å². The molecule has 1 atom stereocenters. The maximum absolute atomic E-state index is 14.1. The number of sulfonamides is 1. The van der Waals surface area contributed by atoms with Crippen LogP contribution in [0, 0.1) is 26.6 Å². The van der Waals surface area contributed by atoms with E-state index in [0.717, 1.165) is 47.5 Å². The molecular formula is C33H40FN3O4S. The van der Waals surface area contributed by atoms with E-state index in [0.29, 0.717) is 16.8 Å². The molecule has 4 rings (SSSR count). The number of hydrogen-bond donors (Lipinski definition) is 1. The number of benzene rings is 3. The molecule has 0 radical (unpaired) electrons. The molecule has 1 aliphatic carbocycles. The van der Waals surface area contributed by atoms with Crippen LogP contribution in [-0.4, -0.2) is 43.8 Å². The van der Waals surface area contributed by atoms with Gasteiger partial charge in [-0.05, 0) is 82.0 Å². The van der Waals surface area contributed by atoms with Gasteiger partial charge in [-0.1, -0.05) is 66.8 Å². The third kappa shape index (κ3) is 7.56. The first-order valence-electron chi connectivity index (χ1n) is 14.5. The summed E-state index contributed by atoms with van der Waals surface area (Å²) in [5.74, 6) is -1.25. The van der Waals surface area contributed by atoms with Gasteiger partial charge < -0.3 is 10.2 Å². The van der Waals surface area contributed by atoms with E-state index >= 15 is 0 Å². The molecule has 7 nitrogen and oxygen atoms in total. The van der Waals surface area contributed by atoms with E-state index in [1.807, 2.05) is 19.9 Å². The smallest absolute Gasteiger partial charge is 0.264 e. The monoisotopic (exact) mass is 593 g/mol. The van der Waals surface area contributed by atoms with Crippen molar-refractivity contribution in [1.29, 1.82) is 0 Å². The molecule has 1 fully saturated rings. The number of aryl methyl sites for hydroxylation is 3. The summed E-state index contributed by atoms with van der Waals surface area (Å²) < 4.78 is 42.8. The third-order valence-corrected chi connectivity index (χ3v) is 9.67. The van der Waals surface area contributed by atoms with Crippen molar-refractivity contribution in [3.8, 4) is 0 Å². The first kappa shape index (κ1) is 31.2. The number of amides is 2. The standard InChI is InChI=1S/C33H40FN3O4S/c1-23-10-17-30(18-11-23)42(40,41)37(31-19-12-24(2)20-25(31)3)22-32(38)36(21-27-13-15-28(34)16-14-27)26(4)33(39)35-29-8-6-5-7-9-29/h10-20,26,29H,5-9,21-22H2,1-4H3,(H,35,39)/t26-/m1/s1. The average molecular weight is 594 g/mol. The average Bonchev–Trinajstić information content (AvgIpc) is 2.96. The van der Waals surface area contributed by atoms with E-state index < -0.39 is 34.3 Å². The van der Waals surface area contributed by atoms with Gasteiger partial charge in [0.1, 0.15) is 18.4 Å². The number of nitrogens with zero attached hydrogens (tertiary/aromatic N) is 2. The van der Waals surface area contributed by atoms with Gasteiger partial charge in [-0.25, -0.2) is 12.8 Å². The second kappa shape index (κ2) is 13.5. The van der Waals surface area contributed by atoms with Gasteiger partial charge in [-0.2, -0.15) is 0 Å². The van der Waals surface area contributed by atoms with Crippen LogP contribution in [0.3, 0.4) is 0 Å². The first-order valence-corrected chi connectivity index (χ1v) is 15.9. The van der Waals surface area contributed by atoms with Crippen LogP contribution in [0.5, 0.6) is 0 Å². The van der Waals surface area contributed by atoms with Crippen LogP contribution in [0.4, 0.5) is 10.1 Å². The fourth-order valence-corrected chi connectivity index (χ4v) is 6.85. The van der Waals surface area contributed by atoms with E-state index in [9.17, 15) is 22.4 Å². The molecule has 9 heteroatoms. The molecule has 1 N–H and O–H groups in total. The SMILES string of the molecule is Cc1ccc(S(=O)(=O)N(CC(=O)N(Cc2ccc(F)cc2)[C@H](C)C(=O)NC2CCCCC2)c2ccc(C)cc2C)cc1. The highest BCUT2D eigenvalue weighted by atomic mass is 32.2. The number of anilines is 1. The lowest BCUT2D eigenvalue weighted by Gasteiger charge is -2.33. The van der Waals surface area contributed by atoms with Gasteiger partial charge in [0.2, 0.25) is 11.8 Å². The largest absolute Gasteiger partial charge is 0.352 e. The molecule has 2 amide bonds. The van der Waals surface area contributed by atoms with Crippen molar-refractivity contribution in [2.24, 2.45) is 0 Å². The zero-order valence-corrected chi connectivity index (χ0v) is 25.6. The summed E-state index contributed by atoms with van der Waals surface area (Å²) in [6.07, 6.45) is 5.00. The van der Waals surface area contributed by atoms with E-state index in [-0.39, 0.29) is 23.4 Å². The van der Waals surface area contributed by atoms with Gasteiger partial charge in [0, 0.05) is 12.6 Å². The quantitative estimate of drug-likeness (QED) is 0.321. The predicted molar refractivity (Wildman–Crippen MR) is 163 cm³/mol. The molecule has 1 saturated carbocycles. The number of halogens is 1. The molecule has 0 heterocycles. The van der Waals surface area contributed by atoms with Crippen molar-refractivity contribution in [3.63, 3.8) is 0 Å². The summed E-state index contributed by atoms with van der Waals surface area (Å²) in [6.45, 7) is 6.75. The van der Waals surface area contributed by atoms with E-state index in [4.69, 9.17) is 0 Å². The first-order chi connectivity index (χ1) is 20.0. The molecule has 42 heavy (non-hydrogen) atoms. The topological polar surface area (TPSA) is 86.8 Å². The van der Waals surface area contributed by atoms with E-state index in [1.165, 1.54) is 29.2 Å². The van der Waals surface area contributed by atoms with Crippen LogP contribution in [0.15, 0.2) is 71.6 Å². The zero-order chi connectivity index (χ0) is 30.4. The van der Waals surface area contributed by atoms with Crippen LogP contribution in [0.2, 0.25) is 0 Å². The second-order valence-corrected chi connectivity index (χ2v) is 13.1. The summed E-state index contributed by atoms with van der Waals surface area (Å²) in [7, 11) is -4.15. The maximum Gasteiger partial charge on any atom is 0.264 e. The zero-order valence-electron chi connectivity index (χ0n) is 24.8. The summed E-state index contributed by atoms with van der Waals surface area (Å²) >= 11 is 0. The lowest BCUT2D eigenvalue weighted by molar-refractivity contribution is -0.139. The molecule has 0 aromatic heterocycles. The Morgan fingerprint density at radius 3 is 2.14 bits per heavy atom. The summed E-state index contributed by atoms with van der Waals surface area (Å²) in [5, 5.41) is 3.09. The number of hydrogen-bond acceptors (Lipinski definition) is 4. The van der Waals surface area contributed by atoms with Crippen LogP contribution in [0.25, 0.3) is 0 Å². The van der Waals surface area contributed by atoms with Gasteiger partial charge in [0.05, 0.1) is 10.6 Å². The molecule has 0 aliphatic heterocycles. The Balaban J connectivity index is 1.69. The second-order valence-electron chi connectivity index (χ2n) is 11.3. The molecular weight excluding hydrogens is 553 g/mol. The predicted octanol–water partition coefficient (Wildman–Crippen LogP) is 5.81. The van der Waals surface area contributed by atoms with Crippen LogP contribution >= 0.6 is 0 Å². The van der Waals surface area contributed by atoms with Crippen molar-refractivity contribution in [1.82, 2.24) is 10.2 Å². The van der Waals surface area contributed by atoms with Crippen LogP contribution in [0.1, 0.15) is 61.3 Å². The van der Waals surface area contributed by atoms with Crippen molar-refractivity contribution < 1.29 is 22.4 Å². The lowest BCUT2D eigenvalue weighted by atomic mass is 9.95. The third-order valence-electron chi connectivity index (χ3n) is 7.89. The Morgan fingerprint density at radius 1 is 0.905 bits per heavy atom. The van der Waals surface area contributed by atoms with Gasteiger partial charge in [-0.3, -0.25) is 13.9 Å². The van der Waals surface area contributed by atoms with Crippen molar-refractivity contribution in [2.75, 3.05) is 10.8 Å². The maximum atomic E-state index is 14.1. The van der Waals surface area contributed by atoms with E-state index in [2.05, 4.69) is 5.32 Å². The Kier molecular flexibility index (Phi) is 10.0. The molecule has 3 aromatic carbocycles. The number of rotatable bonds is 10. The number of nitrogens with one attached hydrogen (secondary N) is 1. The number of carbonyl (C=O) groups is 2. The molecule has 224 valence electrons. The minimum absolute atomic E-state index is 0.0175. The summed E-state index contributed by atoms with van der Waals surface area (Å²) in [5.41, 5.74) is 3.58. The molecule has 0 saturated heterocycles. The number of carbonyl (C=O) groups excluding carboxylic acids is 2. The fourth-order valence-electron chi connectivity index (χ4n) is 5.37. The lowest BCUT2D eigenvalue weighted by Crippen LogP contribution is -2.53. The van der Waals surface area contributed by atoms with Crippen molar-refractivity contribution in [3.05, 3.63) is 94.8 Å². The fraction of sp³-hybridized carbons (Fsp3) is 0.394. The van der Waals surface area contributed by atoms with Gasteiger partial charge >= 0.3 is 0 Å². The van der Waals surface area contributed by atoms with Gasteiger partial charge in [0.15, 0.2) is 0 Å². The van der Waals surface area contributed by atoms with E-state index in [1.54, 1.807) is 50.2 Å². The Hall–Kier alpha value is -3.72. The Labute approximate surface area is 248 Å². The summed E-state index contributed by atoms with van der Waals surface area (Å²) in [4.78, 5) is 29.0. The van der Waals surface area contributed by atoms with Gasteiger partial charge in [-0.15, -0.1) is 0 Å². The normalized spacial score (nSPS) is 14.7. The molecule has 0 bridgehead atoms. The highest BCUT2D eigenvalue weighted by molar-refractivity contribution is 7.92. The Bertz CT molecular complexity index is 1500. The van der Waals surface area contributed by atoms with Gasteiger partial charge in [0.25, 0.3) is 10.0 Å². The van der Waals surface area contributed by atoms with Crippen molar-refractivity contribution in [2.45, 2.75) is 83.3 Å². The van der Waals surface area contributed by atoms with Crippen LogP contribution < -0.4 is 9.62 Å². The molecule has 0 spiro atoms. The minimum Gasteiger partial charge on any atom is -0.352 e. The molecule has 0 unspecified atom stereocenters. The van der Waals surface area contributed by atoms with Crippen molar-refractivity contribution >= 4 is 27.5 Å². The molecule has 3 aromatic rings. The highest BCUT2D eigenvalue weighted by Crippen LogP contribution is 2.28. The Morgan fingerprint density at radius 2 is 1.52 bits per heavy atom. The summed E-state index contributed by atoms with van der Waals surface area (Å²) in [6, 6.07) is 16.8.